The van der Waals surface area contributed by atoms with Gasteiger partial charge >= 0.3 is 11.9 Å². The second kappa shape index (κ2) is 31.9. The van der Waals surface area contributed by atoms with Gasteiger partial charge in [-0.3, -0.25) is 43.5 Å². The van der Waals surface area contributed by atoms with E-state index in [9.17, 15) is 58.5 Å². The zero-order chi connectivity index (χ0) is 55.7. The predicted molar refractivity (Wildman–Crippen MR) is 272 cm³/mol. The van der Waals surface area contributed by atoms with E-state index < -0.39 is 133 Å². The van der Waals surface area contributed by atoms with Crippen LogP contribution in [0.4, 0.5) is 0 Å². The number of aliphatic hydroxyl groups excluding tert-OH is 1. The van der Waals surface area contributed by atoms with Gasteiger partial charge in [0.2, 0.25) is 35.4 Å². The number of aliphatic carboxylic acids is 2. The average molecular weight is 1040 g/mol. The number of guanidine groups is 2. The smallest absolute Gasteiger partial charge is 0.326 e. The van der Waals surface area contributed by atoms with Gasteiger partial charge in [0.15, 0.2) is 11.9 Å². The Labute approximate surface area is 429 Å². The van der Waals surface area contributed by atoms with Crippen LogP contribution in [0, 0.1) is 11.8 Å². The third-order valence-electron chi connectivity index (χ3n) is 11.9. The summed E-state index contributed by atoms with van der Waals surface area (Å²) in [6, 6.07) is -1.26. The maximum absolute atomic E-state index is 14.3. The molecular weight excluding hydrogens is 967 g/mol. The van der Waals surface area contributed by atoms with Crippen molar-refractivity contribution in [1.29, 1.82) is 0 Å². The predicted octanol–water partition coefficient (Wildman–Crippen LogP) is -2.94. The number of hydrogen-bond donors (Lipinski definition) is 14. The quantitative estimate of drug-likeness (QED) is 0.0321. The minimum atomic E-state index is -1.94. The molecule has 19 N–H and O–H groups in total. The molecule has 1 aliphatic heterocycles. The first-order valence-corrected chi connectivity index (χ1v) is 24.1. The lowest BCUT2D eigenvalue weighted by molar-refractivity contribution is -0.144. The molecule has 0 bridgehead atoms. The highest BCUT2D eigenvalue weighted by Gasteiger charge is 2.35. The van der Waals surface area contributed by atoms with Crippen molar-refractivity contribution in [2.45, 2.75) is 140 Å². The summed E-state index contributed by atoms with van der Waals surface area (Å²) >= 11 is 0. The molecule has 11 atom stereocenters. The number of hydrogen-bond acceptors (Lipinski definition) is 14. The normalized spacial score (nSPS) is 25.7. The monoisotopic (exact) mass is 1040 g/mol. The largest absolute Gasteiger partial charge is 0.480 e. The first-order valence-electron chi connectivity index (χ1n) is 24.1. The van der Waals surface area contributed by atoms with Gasteiger partial charge in [0.05, 0.1) is 30.6 Å². The highest BCUT2D eigenvalue weighted by molar-refractivity contribution is 5.96. The molecule has 74 heavy (non-hydrogen) atoms. The van der Waals surface area contributed by atoms with Crippen molar-refractivity contribution >= 4 is 65.1 Å². The van der Waals surface area contributed by atoms with Crippen molar-refractivity contribution in [2.75, 3.05) is 20.2 Å². The van der Waals surface area contributed by atoms with Crippen LogP contribution in [-0.2, 0) is 54.3 Å². The van der Waals surface area contributed by atoms with Crippen molar-refractivity contribution in [3.05, 3.63) is 59.7 Å². The molecule has 26 heteroatoms. The Morgan fingerprint density at radius 3 is 1.86 bits per heavy atom. The minimum Gasteiger partial charge on any atom is -0.480 e. The molecule has 6 amide bonds. The molecule has 1 aromatic rings. The van der Waals surface area contributed by atoms with E-state index in [1.807, 2.05) is 43.3 Å². The van der Waals surface area contributed by atoms with E-state index in [-0.39, 0.29) is 62.7 Å². The molecule has 0 saturated carbocycles. The molecule has 410 valence electrons. The number of nitrogens with two attached hydrogens (primary N) is 5. The lowest BCUT2D eigenvalue weighted by atomic mass is 9.94. The number of carbonyl (C=O) groups is 9. The van der Waals surface area contributed by atoms with Gasteiger partial charge < -0.3 is 80.6 Å². The Kier molecular flexibility index (Phi) is 27.0. The summed E-state index contributed by atoms with van der Waals surface area (Å²) < 4.78 is 5.80. The Morgan fingerprint density at radius 2 is 1.31 bits per heavy atom. The van der Waals surface area contributed by atoms with Gasteiger partial charge in [0, 0.05) is 39.0 Å². The number of aliphatic hydroxyl groups is 1. The summed E-state index contributed by atoms with van der Waals surface area (Å²) in [6.07, 6.45) is 0.814. The number of carboxylic acids is 2. The van der Waals surface area contributed by atoms with Crippen LogP contribution in [0.15, 0.2) is 64.1 Å². The molecule has 1 saturated heterocycles. The first-order chi connectivity index (χ1) is 34.8. The van der Waals surface area contributed by atoms with Crippen molar-refractivity contribution in [3.63, 3.8) is 0 Å². The SMILES string of the molecule is COC(Cc1ccccc1)C(C)C=C(C)C=CC1NC(=O)C(CCCN=C(N)N)NC(=O)CC(C(=O)O)NC(=O)C(CCCN=C(N)N)NC(=O)C(C)NC(=O)C(N)C(O)CC(=O)CCC(C(=O)O)NC(=O)C1C. The number of nitrogens with one attached hydrogen (secondary N) is 6. The summed E-state index contributed by atoms with van der Waals surface area (Å²) in [7, 11) is 1.59. The fourth-order valence-electron chi connectivity index (χ4n) is 7.56. The van der Waals surface area contributed by atoms with Gasteiger partial charge in [-0.25, -0.2) is 9.59 Å². The summed E-state index contributed by atoms with van der Waals surface area (Å²) in [6.45, 7) is 6.32. The van der Waals surface area contributed by atoms with E-state index >= 15 is 0 Å². The summed E-state index contributed by atoms with van der Waals surface area (Å²) in [5.74, 6) is -11.7. The number of aliphatic imine (C=N–C) groups is 2. The van der Waals surface area contributed by atoms with E-state index in [0.29, 0.717) is 12.0 Å². The number of Topliss-reactive ketones (excluding diaryl/α,β-unsaturated/α-hetero) is 1. The number of nitrogens with zero attached hydrogens (tertiary/aromatic N) is 2. The topological polar surface area (TPSA) is 451 Å². The van der Waals surface area contributed by atoms with Gasteiger partial charge in [-0.1, -0.05) is 68.0 Å². The second-order valence-electron chi connectivity index (χ2n) is 18.1. The van der Waals surface area contributed by atoms with Gasteiger partial charge in [-0.2, -0.15) is 0 Å². The molecule has 0 aromatic heterocycles. The number of carboxylic acid groups (broad SMARTS) is 2. The average Bonchev–Trinajstić information content (AvgIpc) is 3.33. The number of methoxy groups -OCH3 is 1. The summed E-state index contributed by atoms with van der Waals surface area (Å²) in [4.78, 5) is 128. The van der Waals surface area contributed by atoms with Crippen LogP contribution in [0.2, 0.25) is 0 Å². The molecule has 26 nitrogen and oxygen atoms in total. The second-order valence-corrected chi connectivity index (χ2v) is 18.1. The van der Waals surface area contributed by atoms with Crippen LogP contribution in [0.25, 0.3) is 0 Å². The zero-order valence-corrected chi connectivity index (χ0v) is 42.5. The van der Waals surface area contributed by atoms with Gasteiger partial charge in [0.25, 0.3) is 0 Å². The van der Waals surface area contributed by atoms with Crippen LogP contribution in [0.5, 0.6) is 0 Å². The number of amides is 6. The molecule has 0 radical (unpaired) electrons. The molecule has 11 unspecified atom stereocenters. The van der Waals surface area contributed by atoms with Crippen LogP contribution < -0.4 is 60.6 Å². The van der Waals surface area contributed by atoms with Gasteiger partial charge in [-0.15, -0.1) is 0 Å². The molecule has 1 aliphatic rings. The van der Waals surface area contributed by atoms with E-state index in [4.69, 9.17) is 33.4 Å². The van der Waals surface area contributed by atoms with Crippen molar-refractivity contribution in [3.8, 4) is 0 Å². The zero-order valence-electron chi connectivity index (χ0n) is 42.5. The van der Waals surface area contributed by atoms with Crippen molar-refractivity contribution in [1.82, 2.24) is 31.9 Å². The lowest BCUT2D eigenvalue weighted by Gasteiger charge is -2.27. The van der Waals surface area contributed by atoms with E-state index in [1.165, 1.54) is 19.9 Å². The van der Waals surface area contributed by atoms with Crippen molar-refractivity contribution < 1.29 is 63.2 Å². The van der Waals surface area contributed by atoms with Crippen LogP contribution >= 0.6 is 0 Å². The maximum atomic E-state index is 14.3. The van der Waals surface area contributed by atoms with E-state index in [0.717, 1.165) is 5.56 Å². The lowest BCUT2D eigenvalue weighted by Crippen LogP contribution is -2.58. The minimum absolute atomic E-state index is 0.00369. The molecule has 0 aliphatic carbocycles. The Balaban J connectivity index is 2.68. The third-order valence-corrected chi connectivity index (χ3v) is 11.9. The van der Waals surface area contributed by atoms with Gasteiger partial charge in [0.1, 0.15) is 42.0 Å². The number of carbonyl (C=O) groups excluding carboxylic acids is 7. The Morgan fingerprint density at radius 1 is 0.757 bits per heavy atom. The number of ketones is 1. The number of benzene rings is 1. The molecule has 1 heterocycles. The molecule has 2 rings (SSSR count). The van der Waals surface area contributed by atoms with E-state index in [1.54, 1.807) is 20.1 Å². The van der Waals surface area contributed by atoms with Gasteiger partial charge in [-0.05, 0) is 57.9 Å². The number of allylic oxidation sites excluding steroid dienone is 2. The molecule has 0 spiro atoms. The van der Waals surface area contributed by atoms with Crippen LogP contribution in [0.1, 0.15) is 84.6 Å². The van der Waals surface area contributed by atoms with Crippen LogP contribution in [-0.4, -0.2) is 155 Å². The summed E-state index contributed by atoms with van der Waals surface area (Å²) in [5, 5.41) is 45.5. The fourth-order valence-corrected chi connectivity index (χ4v) is 7.56. The standard InChI is InChI=1S/C48H75N13O13/c1-25(21-26(2)37(74-5)22-29-11-7-6-8-12-29)15-17-31-27(3)40(65)60-34(45(70)71)18-16-30(62)23-36(63)39(49)44(69)56-28(4)41(66)59-33(14-10-20-55-48(52)53)43(68)61-35(46(72)73)24-38(64)57-32(42(67)58-31)13-9-19-54-47(50)51/h6-8,11-12,15,17,21,26-28,31-37,39,63H,9-10,13-14,16,18-20,22-24,49H2,1-5H3,(H,56,69)(H,57,64)(H,58,67)(H,59,66)(H,60,65)(H,61,68)(H,70,71)(H,72,73)(H4,50,51,54)(H4,52,53,55). The van der Waals surface area contributed by atoms with E-state index in [2.05, 4.69) is 41.9 Å². The number of ether oxygens (including phenoxy) is 1. The molecule has 1 aromatic carbocycles. The third kappa shape index (κ3) is 23.0. The highest BCUT2D eigenvalue weighted by Crippen LogP contribution is 2.18. The highest BCUT2D eigenvalue weighted by atomic mass is 16.5. The maximum Gasteiger partial charge on any atom is 0.326 e. The van der Waals surface area contributed by atoms with Crippen molar-refractivity contribution in [2.24, 2.45) is 50.5 Å². The molecular formula is C48H75N13O13. The Hall–Kier alpha value is -7.45. The first kappa shape index (κ1) is 62.7. The number of rotatable bonds is 17. The summed E-state index contributed by atoms with van der Waals surface area (Å²) in [5.41, 5.74) is 29.5. The van der Waals surface area contributed by atoms with Crippen LogP contribution in [0.3, 0.4) is 0 Å². The molecule has 1 fully saturated rings. The Bertz CT molecular complexity index is 2220. The fraction of sp³-hybridized carbons (Fsp3) is 0.562.